The van der Waals surface area contributed by atoms with Gasteiger partial charge in [0, 0.05) is 14.7 Å². The predicted molar refractivity (Wildman–Crippen MR) is 101 cm³/mol. The van der Waals surface area contributed by atoms with Crippen LogP contribution >= 0.6 is 22.6 Å². The van der Waals surface area contributed by atoms with Gasteiger partial charge in [-0.1, -0.05) is 0 Å². The lowest BCUT2D eigenvalue weighted by Crippen LogP contribution is -2.35. The van der Waals surface area contributed by atoms with E-state index in [-0.39, 0.29) is 17.0 Å². The van der Waals surface area contributed by atoms with E-state index in [0.717, 1.165) is 8.47 Å². The van der Waals surface area contributed by atoms with Gasteiger partial charge in [0.05, 0.1) is 5.69 Å². The topological polar surface area (TPSA) is 119 Å². The molecule has 0 fully saturated rings. The lowest BCUT2D eigenvalue weighted by Gasteiger charge is -2.13. The molecule has 0 saturated carbocycles. The molecule has 26 heavy (non-hydrogen) atoms. The highest BCUT2D eigenvalue weighted by molar-refractivity contribution is 14.1. The van der Waals surface area contributed by atoms with Gasteiger partial charge in [-0.2, -0.15) is 5.10 Å². The molecule has 0 aromatic heterocycles. The molecule has 1 aliphatic heterocycles. The summed E-state index contributed by atoms with van der Waals surface area (Å²) in [6.45, 7) is -0.503. The van der Waals surface area contributed by atoms with Crippen LogP contribution in [0.25, 0.3) is 0 Å². The summed E-state index contributed by atoms with van der Waals surface area (Å²) in [5, 5.41) is 22.2. The number of phenolic OH excluding ortho intramolecular Hbond substituents is 1. The number of nitrogens with zero attached hydrogens (tertiary/aromatic N) is 2. The summed E-state index contributed by atoms with van der Waals surface area (Å²) in [5.41, 5.74) is 3.39. The van der Waals surface area contributed by atoms with Crippen LogP contribution < -0.4 is 10.3 Å². The van der Waals surface area contributed by atoms with Crippen molar-refractivity contribution in [3.63, 3.8) is 0 Å². The van der Waals surface area contributed by atoms with Gasteiger partial charge >= 0.3 is 5.97 Å². The Morgan fingerprint density at radius 1 is 1.15 bits per heavy atom. The molecule has 8 nitrogen and oxygen atoms in total. The normalized spacial score (nSPS) is 14.4. The van der Waals surface area contributed by atoms with Crippen molar-refractivity contribution in [2.75, 3.05) is 11.4 Å². The van der Waals surface area contributed by atoms with E-state index < -0.39 is 24.3 Å². The van der Waals surface area contributed by atoms with Crippen molar-refractivity contribution in [2.45, 2.75) is 0 Å². The highest BCUT2D eigenvalue weighted by Gasteiger charge is 2.35. The van der Waals surface area contributed by atoms with Crippen LogP contribution in [0.5, 0.6) is 5.75 Å². The summed E-state index contributed by atoms with van der Waals surface area (Å²) in [6.07, 6.45) is 0. The number of benzene rings is 2. The van der Waals surface area contributed by atoms with Gasteiger partial charge in [0.2, 0.25) is 0 Å². The summed E-state index contributed by atoms with van der Waals surface area (Å²) in [4.78, 5) is 36.8. The molecule has 1 aliphatic rings. The number of carbonyl (C=O) groups excluding carboxylic acids is 2. The van der Waals surface area contributed by atoms with E-state index in [9.17, 15) is 19.5 Å². The number of carboxylic acids is 1. The molecule has 9 heteroatoms. The number of carbonyl (C=O) groups is 3. The van der Waals surface area contributed by atoms with Gasteiger partial charge in [0.1, 0.15) is 12.3 Å². The number of aliphatic carboxylic acids is 1. The van der Waals surface area contributed by atoms with Gasteiger partial charge in [0.15, 0.2) is 5.71 Å². The Balaban J connectivity index is 1.91. The Morgan fingerprint density at radius 3 is 2.50 bits per heavy atom. The van der Waals surface area contributed by atoms with Crippen molar-refractivity contribution in [1.29, 1.82) is 0 Å². The third-order valence-electron chi connectivity index (χ3n) is 3.64. The Hall–Kier alpha value is -2.95. The number of carboxylic acid groups (broad SMARTS) is 1. The first-order valence-electron chi connectivity index (χ1n) is 7.37. The van der Waals surface area contributed by atoms with Crippen LogP contribution in [-0.2, 0) is 9.59 Å². The smallest absolute Gasteiger partial charge is 0.323 e. The number of anilines is 1. The van der Waals surface area contributed by atoms with Crippen molar-refractivity contribution in [3.8, 4) is 5.75 Å². The minimum Gasteiger partial charge on any atom is -0.508 e. The average Bonchev–Trinajstić information content (AvgIpc) is 2.84. The number of hydrogen-bond donors (Lipinski definition) is 3. The molecule has 0 saturated heterocycles. The fraction of sp³-hybridized carbons (Fsp3) is 0.0588. The summed E-state index contributed by atoms with van der Waals surface area (Å²) in [5.74, 6) is -2.30. The van der Waals surface area contributed by atoms with Crippen molar-refractivity contribution < 1.29 is 24.6 Å². The first-order chi connectivity index (χ1) is 12.4. The third kappa shape index (κ3) is 3.52. The molecule has 0 spiro atoms. The van der Waals surface area contributed by atoms with Gasteiger partial charge in [-0.3, -0.25) is 19.3 Å². The van der Waals surface area contributed by atoms with Gasteiger partial charge in [-0.15, -0.1) is 0 Å². The standard InChI is InChI=1S/C17H12IN3O5/c18-10-3-6-13-12(7-10)15(17(26)21(13)8-14(23)24)19-20-16(25)9-1-4-11(22)5-2-9/h1-7,22H,8H2,(H,20,25)(H,23,24)/b19-15-. The van der Waals surface area contributed by atoms with Crippen LogP contribution in [0, 0.1) is 3.57 Å². The first kappa shape index (κ1) is 17.9. The summed E-state index contributed by atoms with van der Waals surface area (Å²) in [6, 6.07) is 10.6. The second-order valence-corrected chi connectivity index (χ2v) is 6.64. The maximum atomic E-state index is 12.5. The molecule has 0 bridgehead atoms. The molecule has 0 unspecified atom stereocenters. The lowest BCUT2D eigenvalue weighted by atomic mass is 10.1. The van der Waals surface area contributed by atoms with Crippen molar-refractivity contribution in [1.82, 2.24) is 5.43 Å². The SMILES string of the molecule is O=C(O)CN1C(=O)/C(=N\NC(=O)c2ccc(O)cc2)c2cc(I)ccc21. The van der Waals surface area contributed by atoms with E-state index in [4.69, 9.17) is 5.11 Å². The molecular formula is C17H12IN3O5. The number of fused-ring (bicyclic) bond motifs is 1. The molecule has 3 N–H and O–H groups in total. The van der Waals surface area contributed by atoms with E-state index in [1.54, 1.807) is 18.2 Å². The van der Waals surface area contributed by atoms with E-state index in [1.807, 2.05) is 0 Å². The number of aromatic hydroxyl groups is 1. The van der Waals surface area contributed by atoms with Crippen molar-refractivity contribution in [3.05, 3.63) is 57.2 Å². The predicted octanol–water partition coefficient (Wildman–Crippen LogP) is 1.56. The second kappa shape index (κ2) is 7.12. The van der Waals surface area contributed by atoms with Crippen LogP contribution in [0.1, 0.15) is 15.9 Å². The zero-order chi connectivity index (χ0) is 18.8. The third-order valence-corrected chi connectivity index (χ3v) is 4.32. The maximum Gasteiger partial charge on any atom is 0.323 e. The minimum absolute atomic E-state index is 0.0200. The Bertz CT molecular complexity index is 940. The average molecular weight is 465 g/mol. The number of hydrazone groups is 1. The lowest BCUT2D eigenvalue weighted by molar-refractivity contribution is -0.136. The van der Waals surface area contributed by atoms with Gasteiger partial charge in [-0.25, -0.2) is 5.43 Å². The van der Waals surface area contributed by atoms with Gasteiger partial charge < -0.3 is 10.2 Å². The number of halogens is 1. The molecule has 2 aromatic rings. The van der Waals surface area contributed by atoms with Crippen LogP contribution in [0.15, 0.2) is 47.6 Å². The number of hydrogen-bond acceptors (Lipinski definition) is 5. The number of rotatable bonds is 4. The number of amides is 2. The molecular weight excluding hydrogens is 453 g/mol. The van der Waals surface area contributed by atoms with E-state index in [2.05, 4.69) is 33.1 Å². The zero-order valence-corrected chi connectivity index (χ0v) is 15.3. The molecule has 0 aliphatic carbocycles. The molecule has 2 aromatic carbocycles. The summed E-state index contributed by atoms with van der Waals surface area (Å²) >= 11 is 2.06. The highest BCUT2D eigenvalue weighted by Crippen LogP contribution is 2.30. The zero-order valence-electron chi connectivity index (χ0n) is 13.1. The first-order valence-corrected chi connectivity index (χ1v) is 8.45. The van der Waals surface area contributed by atoms with E-state index in [0.29, 0.717) is 11.3 Å². The summed E-state index contributed by atoms with van der Waals surface area (Å²) in [7, 11) is 0. The molecule has 3 rings (SSSR count). The molecule has 2 amide bonds. The number of nitrogens with one attached hydrogen (secondary N) is 1. The molecule has 0 radical (unpaired) electrons. The fourth-order valence-corrected chi connectivity index (χ4v) is 2.96. The van der Waals surface area contributed by atoms with Crippen LogP contribution in [0.3, 0.4) is 0 Å². The second-order valence-electron chi connectivity index (χ2n) is 5.39. The van der Waals surface area contributed by atoms with Crippen molar-refractivity contribution in [2.24, 2.45) is 5.10 Å². The van der Waals surface area contributed by atoms with Gasteiger partial charge in [-0.05, 0) is 65.1 Å². The van der Waals surface area contributed by atoms with Crippen LogP contribution in [-0.4, -0.2) is 40.3 Å². The highest BCUT2D eigenvalue weighted by atomic mass is 127. The van der Waals surface area contributed by atoms with Crippen molar-refractivity contribution >= 4 is 51.8 Å². The quantitative estimate of drug-likeness (QED) is 0.468. The minimum atomic E-state index is -1.16. The largest absolute Gasteiger partial charge is 0.508 e. The molecule has 132 valence electrons. The molecule has 0 atom stereocenters. The van der Waals surface area contributed by atoms with Crippen LogP contribution in [0.2, 0.25) is 0 Å². The monoisotopic (exact) mass is 465 g/mol. The van der Waals surface area contributed by atoms with Crippen LogP contribution in [0.4, 0.5) is 5.69 Å². The van der Waals surface area contributed by atoms with Gasteiger partial charge in [0.25, 0.3) is 11.8 Å². The number of phenols is 1. The van der Waals surface area contributed by atoms with E-state index >= 15 is 0 Å². The Kier molecular flexibility index (Phi) is 4.89. The van der Waals surface area contributed by atoms with E-state index in [1.165, 1.54) is 24.3 Å². The Labute approximate surface area is 161 Å². The molecule has 1 heterocycles. The Morgan fingerprint density at radius 2 is 1.85 bits per heavy atom. The maximum absolute atomic E-state index is 12.5. The summed E-state index contributed by atoms with van der Waals surface area (Å²) < 4.78 is 0.837. The fourth-order valence-electron chi connectivity index (χ4n) is 2.47.